The van der Waals surface area contributed by atoms with Crippen LogP contribution in [0.2, 0.25) is 0 Å². The van der Waals surface area contributed by atoms with E-state index in [4.69, 9.17) is 15.7 Å². The number of carbonyl (C=O) groups is 3. The van der Waals surface area contributed by atoms with Crippen LogP contribution in [0.25, 0.3) is 6.08 Å². The van der Waals surface area contributed by atoms with Crippen molar-refractivity contribution in [1.29, 1.82) is 5.26 Å². The second-order valence-corrected chi connectivity index (χ2v) is 7.42. The zero-order valence-electron chi connectivity index (χ0n) is 17.8. The van der Waals surface area contributed by atoms with Crippen molar-refractivity contribution in [2.75, 3.05) is 7.11 Å². The Morgan fingerprint density at radius 1 is 1.13 bits per heavy atom. The molecule has 0 saturated carbocycles. The molecule has 3 atom stereocenters. The van der Waals surface area contributed by atoms with Crippen LogP contribution >= 0.6 is 0 Å². The van der Waals surface area contributed by atoms with Gasteiger partial charge in [-0.25, -0.2) is 0 Å². The number of hydrogen-bond donors (Lipinski definition) is 3. The van der Waals surface area contributed by atoms with Crippen molar-refractivity contribution < 1.29 is 19.1 Å². The van der Waals surface area contributed by atoms with E-state index in [1.165, 1.54) is 13.0 Å². The number of nitriles is 1. The highest BCUT2D eigenvalue weighted by Gasteiger charge is 2.27. The topological polar surface area (TPSA) is 134 Å². The second-order valence-electron chi connectivity index (χ2n) is 7.42. The number of benzene rings is 1. The van der Waals surface area contributed by atoms with Crippen molar-refractivity contribution in [1.82, 2.24) is 10.6 Å². The maximum absolute atomic E-state index is 12.7. The Hall–Kier alpha value is -3.18. The van der Waals surface area contributed by atoms with Gasteiger partial charge in [-0.1, -0.05) is 32.1 Å². The third-order valence-corrected chi connectivity index (χ3v) is 4.27. The molecule has 0 radical (unpaired) electrons. The smallest absolute Gasteiger partial charge is 0.243 e. The Morgan fingerprint density at radius 2 is 1.77 bits per heavy atom. The molecule has 0 aliphatic carbocycles. The quantitative estimate of drug-likeness (QED) is 0.470. The number of carbonyl (C=O) groups excluding carboxylic acids is 3. The van der Waals surface area contributed by atoms with Gasteiger partial charge in [0.1, 0.15) is 11.8 Å². The summed E-state index contributed by atoms with van der Waals surface area (Å²) in [7, 11) is 1.56. The van der Waals surface area contributed by atoms with E-state index in [0.29, 0.717) is 12.2 Å². The summed E-state index contributed by atoms with van der Waals surface area (Å²) in [5, 5.41) is 14.3. The number of hydrogen-bond acceptors (Lipinski definition) is 6. The Balaban J connectivity index is 2.96. The van der Waals surface area contributed by atoms with Gasteiger partial charge in [0.25, 0.3) is 0 Å². The lowest BCUT2D eigenvalue weighted by Crippen LogP contribution is -2.52. The lowest BCUT2D eigenvalue weighted by Gasteiger charge is -2.23. The van der Waals surface area contributed by atoms with E-state index in [1.54, 1.807) is 37.5 Å². The van der Waals surface area contributed by atoms with Crippen LogP contribution < -0.4 is 21.1 Å². The summed E-state index contributed by atoms with van der Waals surface area (Å²) >= 11 is 0. The van der Waals surface area contributed by atoms with Crippen LogP contribution in [0.3, 0.4) is 0 Å². The fourth-order valence-corrected chi connectivity index (χ4v) is 2.78. The summed E-state index contributed by atoms with van der Waals surface area (Å²) in [6, 6.07) is 6.29. The summed E-state index contributed by atoms with van der Waals surface area (Å²) < 4.78 is 5.10. The highest BCUT2D eigenvalue weighted by molar-refractivity contribution is 6.00. The number of rotatable bonds is 11. The first-order valence-corrected chi connectivity index (χ1v) is 9.74. The predicted molar refractivity (Wildman–Crippen MR) is 114 cm³/mol. The summed E-state index contributed by atoms with van der Waals surface area (Å²) in [6.45, 7) is 5.17. The van der Waals surface area contributed by atoms with Gasteiger partial charge in [-0.3, -0.25) is 14.4 Å². The molecular formula is C22H30N4O4. The van der Waals surface area contributed by atoms with E-state index < -0.39 is 29.8 Å². The first kappa shape index (κ1) is 24.9. The lowest BCUT2D eigenvalue weighted by molar-refractivity contribution is -0.130. The van der Waals surface area contributed by atoms with E-state index in [9.17, 15) is 14.4 Å². The number of nitrogens with two attached hydrogens (primary N) is 1. The average Bonchev–Trinajstić information content (AvgIpc) is 2.70. The number of ether oxygens (including phenoxy) is 1. The number of methoxy groups -OCH3 is 1. The maximum atomic E-state index is 12.7. The monoisotopic (exact) mass is 414 g/mol. The predicted octanol–water partition coefficient (Wildman–Crippen LogP) is 1.55. The molecule has 1 rings (SSSR count). The Labute approximate surface area is 177 Å². The van der Waals surface area contributed by atoms with Crippen molar-refractivity contribution >= 4 is 23.7 Å². The summed E-state index contributed by atoms with van der Waals surface area (Å²) in [5.41, 5.74) is 6.46. The molecule has 8 nitrogen and oxygen atoms in total. The number of ketones is 1. The number of amides is 2. The minimum atomic E-state index is -0.981. The van der Waals surface area contributed by atoms with Gasteiger partial charge in [0.2, 0.25) is 11.8 Å². The van der Waals surface area contributed by atoms with E-state index in [0.717, 1.165) is 5.56 Å². The molecule has 30 heavy (non-hydrogen) atoms. The van der Waals surface area contributed by atoms with Gasteiger partial charge in [0.15, 0.2) is 5.78 Å². The standard InChI is InChI=1S/C22H30N4O4/c1-14(2)11-20(25-15(3)27)22(29)26-19(12-17(24)13-23)21(28)10-7-16-5-8-18(30-4)9-6-16/h5-10,14,17,19-20H,11-12,24H2,1-4H3,(H,25,27)(H,26,29)/b10-7+/t17?,19?,20-/m0/s1. The van der Waals surface area contributed by atoms with Gasteiger partial charge >= 0.3 is 0 Å². The summed E-state index contributed by atoms with van der Waals surface area (Å²) in [4.78, 5) is 36.9. The molecule has 2 amide bonds. The number of nitrogens with one attached hydrogen (secondary N) is 2. The Kier molecular flexibility index (Phi) is 10.3. The first-order chi connectivity index (χ1) is 14.2. The van der Waals surface area contributed by atoms with Crippen LogP contribution in [0.1, 0.15) is 39.2 Å². The summed E-state index contributed by atoms with van der Waals surface area (Å²) in [6.07, 6.45) is 3.33. The highest BCUT2D eigenvalue weighted by Crippen LogP contribution is 2.13. The zero-order chi connectivity index (χ0) is 22.7. The lowest BCUT2D eigenvalue weighted by atomic mass is 10.00. The molecule has 0 fully saturated rings. The van der Waals surface area contributed by atoms with Crippen LogP contribution in [0.15, 0.2) is 30.3 Å². The van der Waals surface area contributed by atoms with Crippen LogP contribution in [0, 0.1) is 17.2 Å². The summed E-state index contributed by atoms with van der Waals surface area (Å²) in [5.74, 6) is -0.376. The maximum Gasteiger partial charge on any atom is 0.243 e. The molecule has 0 aliphatic rings. The first-order valence-electron chi connectivity index (χ1n) is 9.74. The second kappa shape index (κ2) is 12.4. The molecule has 0 saturated heterocycles. The molecule has 0 aromatic heterocycles. The molecular weight excluding hydrogens is 384 g/mol. The fourth-order valence-electron chi connectivity index (χ4n) is 2.78. The van der Waals surface area contributed by atoms with Crippen molar-refractivity contribution in [3.05, 3.63) is 35.9 Å². The largest absolute Gasteiger partial charge is 0.497 e. The third-order valence-electron chi connectivity index (χ3n) is 4.27. The van der Waals surface area contributed by atoms with Crippen LogP contribution in [-0.4, -0.2) is 42.8 Å². The van der Waals surface area contributed by atoms with E-state index in [1.807, 2.05) is 19.9 Å². The Morgan fingerprint density at radius 3 is 2.27 bits per heavy atom. The van der Waals surface area contributed by atoms with Gasteiger partial charge in [-0.2, -0.15) is 5.26 Å². The molecule has 2 unspecified atom stereocenters. The minimum Gasteiger partial charge on any atom is -0.497 e. The molecule has 4 N–H and O–H groups in total. The van der Waals surface area contributed by atoms with Crippen LogP contribution in [-0.2, 0) is 14.4 Å². The average molecular weight is 415 g/mol. The van der Waals surface area contributed by atoms with Crippen molar-refractivity contribution in [2.24, 2.45) is 11.7 Å². The molecule has 1 aromatic carbocycles. The third kappa shape index (κ3) is 8.88. The molecule has 0 aliphatic heterocycles. The van der Waals surface area contributed by atoms with Gasteiger partial charge in [0.05, 0.1) is 25.3 Å². The van der Waals surface area contributed by atoms with Gasteiger partial charge in [-0.05, 0) is 36.1 Å². The highest BCUT2D eigenvalue weighted by atomic mass is 16.5. The van der Waals surface area contributed by atoms with Crippen molar-refractivity contribution in [2.45, 2.75) is 51.7 Å². The minimum absolute atomic E-state index is 0.0392. The van der Waals surface area contributed by atoms with Gasteiger partial charge in [-0.15, -0.1) is 0 Å². The van der Waals surface area contributed by atoms with E-state index >= 15 is 0 Å². The molecule has 0 spiro atoms. The normalized spacial score (nSPS) is 13.9. The van der Waals surface area contributed by atoms with E-state index in [-0.39, 0.29) is 18.2 Å². The van der Waals surface area contributed by atoms with Crippen molar-refractivity contribution in [3.8, 4) is 11.8 Å². The Bertz CT molecular complexity index is 796. The molecule has 8 heteroatoms. The zero-order valence-corrected chi connectivity index (χ0v) is 17.8. The van der Waals surface area contributed by atoms with Crippen LogP contribution in [0.5, 0.6) is 5.75 Å². The molecule has 162 valence electrons. The molecule has 0 bridgehead atoms. The van der Waals surface area contributed by atoms with E-state index in [2.05, 4.69) is 10.6 Å². The number of nitrogens with zero attached hydrogens (tertiary/aromatic N) is 1. The molecule has 0 heterocycles. The van der Waals surface area contributed by atoms with Gasteiger partial charge < -0.3 is 21.1 Å². The fraction of sp³-hybridized carbons (Fsp3) is 0.455. The SMILES string of the molecule is COc1ccc(/C=C/C(=O)C(CC(N)C#N)NC(=O)[C@H](CC(C)C)NC(C)=O)cc1. The van der Waals surface area contributed by atoms with Crippen LogP contribution in [0.4, 0.5) is 0 Å². The van der Waals surface area contributed by atoms with Crippen molar-refractivity contribution in [3.63, 3.8) is 0 Å². The molecule has 1 aromatic rings. The van der Waals surface area contributed by atoms with Gasteiger partial charge in [0, 0.05) is 13.3 Å².